The molecule has 1 aliphatic rings. The second kappa shape index (κ2) is 10.8. The van der Waals surface area contributed by atoms with Crippen molar-refractivity contribution in [1.82, 2.24) is 4.31 Å². The molecule has 1 N–H and O–H groups in total. The molecular formula is C24H28N2O7S. The maximum Gasteiger partial charge on any atom is 0.309 e. The highest BCUT2D eigenvalue weighted by Crippen LogP contribution is 2.26. The maximum atomic E-state index is 12.9. The molecule has 3 rings (SSSR count). The number of esters is 1. The molecule has 1 atom stereocenters. The molecule has 2 aromatic rings. The fourth-order valence-electron chi connectivity index (χ4n) is 3.65. The molecule has 0 aliphatic carbocycles. The topological polar surface area (TPSA) is 119 Å². The van der Waals surface area contributed by atoms with Gasteiger partial charge in [-0.2, -0.15) is 4.31 Å². The van der Waals surface area contributed by atoms with E-state index in [0.717, 1.165) is 0 Å². The first-order valence-corrected chi connectivity index (χ1v) is 12.3. The van der Waals surface area contributed by atoms with Crippen molar-refractivity contribution in [3.05, 3.63) is 54.1 Å². The molecule has 10 heteroatoms. The number of carbonyl (C=O) groups excluding carboxylic acids is 3. The fourth-order valence-corrected chi connectivity index (χ4v) is 5.12. The average molecular weight is 489 g/mol. The summed E-state index contributed by atoms with van der Waals surface area (Å²) in [4.78, 5) is 36.6. The molecule has 182 valence electrons. The molecular weight excluding hydrogens is 460 g/mol. The molecule has 0 spiro atoms. The van der Waals surface area contributed by atoms with Crippen molar-refractivity contribution in [3.63, 3.8) is 0 Å². The predicted molar refractivity (Wildman–Crippen MR) is 125 cm³/mol. The molecule has 1 fully saturated rings. The molecule has 1 aliphatic heterocycles. The standard InChI is InChI=1S/C24H28N2O7S/c1-16(27)18-8-10-20(11-9-18)34(30,31)26-14-12-19(13-15-26)24(29)33-17(2)23(28)25-21-6-4-5-7-22(21)32-3/h4-11,17,19H,12-15H2,1-3H3,(H,25,28)/t17-/m0/s1. The molecule has 1 heterocycles. The maximum absolute atomic E-state index is 12.9. The highest BCUT2D eigenvalue weighted by atomic mass is 32.2. The Labute approximate surface area is 199 Å². The minimum atomic E-state index is -3.74. The van der Waals surface area contributed by atoms with Crippen molar-refractivity contribution in [3.8, 4) is 5.75 Å². The number of amides is 1. The van der Waals surface area contributed by atoms with Gasteiger partial charge >= 0.3 is 5.97 Å². The van der Waals surface area contributed by atoms with Gasteiger partial charge < -0.3 is 14.8 Å². The number of hydrogen-bond donors (Lipinski definition) is 1. The zero-order valence-electron chi connectivity index (χ0n) is 19.3. The van der Waals surface area contributed by atoms with Gasteiger partial charge in [0.05, 0.1) is 23.6 Å². The zero-order chi connectivity index (χ0) is 24.9. The summed E-state index contributed by atoms with van der Waals surface area (Å²) < 4.78 is 37.7. The van der Waals surface area contributed by atoms with Gasteiger partial charge in [-0.25, -0.2) is 8.42 Å². The van der Waals surface area contributed by atoms with E-state index in [1.54, 1.807) is 24.3 Å². The number of piperidine rings is 1. The van der Waals surface area contributed by atoms with Gasteiger partial charge in [-0.05, 0) is 51.0 Å². The van der Waals surface area contributed by atoms with Crippen LogP contribution >= 0.6 is 0 Å². The Morgan fingerprint density at radius 3 is 2.24 bits per heavy atom. The lowest BCUT2D eigenvalue weighted by atomic mass is 9.98. The largest absolute Gasteiger partial charge is 0.495 e. The summed E-state index contributed by atoms with van der Waals surface area (Å²) in [6, 6.07) is 12.7. The molecule has 9 nitrogen and oxygen atoms in total. The number of ether oxygens (including phenoxy) is 2. The van der Waals surface area contributed by atoms with Crippen LogP contribution in [0, 0.1) is 5.92 Å². The van der Waals surface area contributed by atoms with Crippen LogP contribution in [0.5, 0.6) is 5.75 Å². The van der Waals surface area contributed by atoms with Gasteiger partial charge in [0.15, 0.2) is 11.9 Å². The minimum Gasteiger partial charge on any atom is -0.495 e. The Morgan fingerprint density at radius 1 is 1.03 bits per heavy atom. The van der Waals surface area contributed by atoms with Crippen molar-refractivity contribution in [2.45, 2.75) is 37.7 Å². The van der Waals surface area contributed by atoms with Gasteiger partial charge in [0.2, 0.25) is 10.0 Å². The predicted octanol–water partition coefficient (Wildman–Crippen LogP) is 2.87. The number of rotatable bonds is 8. The van der Waals surface area contributed by atoms with Crippen LogP contribution in [0.3, 0.4) is 0 Å². The molecule has 0 bridgehead atoms. The van der Waals surface area contributed by atoms with Crippen LogP contribution < -0.4 is 10.1 Å². The Bertz CT molecular complexity index is 1150. The van der Waals surface area contributed by atoms with E-state index in [0.29, 0.717) is 17.0 Å². The number of nitrogens with one attached hydrogen (secondary N) is 1. The summed E-state index contributed by atoms with van der Waals surface area (Å²) in [5.74, 6) is -1.20. The third kappa shape index (κ3) is 5.81. The van der Waals surface area contributed by atoms with E-state index in [2.05, 4.69) is 5.32 Å². The Hall–Kier alpha value is -3.24. The van der Waals surface area contributed by atoms with Crippen LogP contribution in [0.25, 0.3) is 0 Å². The highest BCUT2D eigenvalue weighted by molar-refractivity contribution is 7.89. The fraction of sp³-hybridized carbons (Fsp3) is 0.375. The number of nitrogens with zero attached hydrogens (tertiary/aromatic N) is 1. The van der Waals surface area contributed by atoms with Gasteiger partial charge in [0, 0.05) is 18.7 Å². The van der Waals surface area contributed by atoms with Crippen molar-refractivity contribution < 1.29 is 32.3 Å². The summed E-state index contributed by atoms with van der Waals surface area (Å²) in [5, 5.41) is 2.68. The molecule has 0 aromatic heterocycles. The van der Waals surface area contributed by atoms with Crippen LogP contribution in [-0.4, -0.2) is 56.7 Å². The Morgan fingerprint density at radius 2 is 1.65 bits per heavy atom. The van der Waals surface area contributed by atoms with Crippen molar-refractivity contribution in [2.75, 3.05) is 25.5 Å². The van der Waals surface area contributed by atoms with E-state index < -0.39 is 33.9 Å². The van der Waals surface area contributed by atoms with E-state index in [1.165, 1.54) is 49.5 Å². The first-order valence-electron chi connectivity index (χ1n) is 10.9. The summed E-state index contributed by atoms with van der Waals surface area (Å²) >= 11 is 0. The SMILES string of the molecule is COc1ccccc1NC(=O)[C@H](C)OC(=O)C1CCN(S(=O)(=O)c2ccc(C(C)=O)cc2)CC1. The number of sulfonamides is 1. The normalized spacial score (nSPS) is 15.9. The molecule has 0 radical (unpaired) electrons. The quantitative estimate of drug-likeness (QED) is 0.448. The number of benzene rings is 2. The van der Waals surface area contributed by atoms with Gasteiger partial charge in [-0.1, -0.05) is 24.3 Å². The third-order valence-electron chi connectivity index (χ3n) is 5.71. The van der Waals surface area contributed by atoms with E-state index in [1.807, 2.05) is 0 Å². The van der Waals surface area contributed by atoms with Crippen molar-refractivity contribution >= 4 is 33.4 Å². The second-order valence-corrected chi connectivity index (χ2v) is 9.97. The smallest absolute Gasteiger partial charge is 0.309 e. The molecule has 2 aromatic carbocycles. The monoisotopic (exact) mass is 488 g/mol. The molecule has 0 unspecified atom stereocenters. The van der Waals surface area contributed by atoms with E-state index in [9.17, 15) is 22.8 Å². The van der Waals surface area contributed by atoms with Crippen LogP contribution in [0.2, 0.25) is 0 Å². The second-order valence-electron chi connectivity index (χ2n) is 8.03. The molecule has 1 saturated heterocycles. The van der Waals surface area contributed by atoms with Gasteiger partial charge in [-0.15, -0.1) is 0 Å². The van der Waals surface area contributed by atoms with Gasteiger partial charge in [0.1, 0.15) is 5.75 Å². The number of methoxy groups -OCH3 is 1. The first-order chi connectivity index (χ1) is 16.1. The summed E-state index contributed by atoms with van der Waals surface area (Å²) in [6.07, 6.45) is -0.464. The number of ketones is 1. The lowest BCUT2D eigenvalue weighted by Crippen LogP contribution is -2.41. The van der Waals surface area contributed by atoms with Crippen LogP contribution in [0.15, 0.2) is 53.4 Å². The number of carbonyl (C=O) groups is 3. The van der Waals surface area contributed by atoms with E-state index in [4.69, 9.17) is 9.47 Å². The third-order valence-corrected chi connectivity index (χ3v) is 7.63. The lowest BCUT2D eigenvalue weighted by Gasteiger charge is -2.30. The molecule has 1 amide bonds. The highest BCUT2D eigenvalue weighted by Gasteiger charge is 2.34. The van der Waals surface area contributed by atoms with E-state index in [-0.39, 0.29) is 36.6 Å². The number of anilines is 1. The zero-order valence-corrected chi connectivity index (χ0v) is 20.1. The summed E-state index contributed by atoms with van der Waals surface area (Å²) in [6.45, 7) is 3.19. The van der Waals surface area contributed by atoms with Crippen LogP contribution in [0.1, 0.15) is 37.0 Å². The molecule has 0 saturated carbocycles. The van der Waals surface area contributed by atoms with Crippen molar-refractivity contribution in [1.29, 1.82) is 0 Å². The van der Waals surface area contributed by atoms with Crippen LogP contribution in [0.4, 0.5) is 5.69 Å². The minimum absolute atomic E-state index is 0.0974. The van der Waals surface area contributed by atoms with Crippen molar-refractivity contribution in [2.24, 2.45) is 5.92 Å². The molecule has 34 heavy (non-hydrogen) atoms. The number of para-hydroxylation sites is 2. The Balaban J connectivity index is 1.54. The first kappa shape index (κ1) is 25.4. The summed E-state index contributed by atoms with van der Waals surface area (Å²) in [5.41, 5.74) is 0.900. The van der Waals surface area contributed by atoms with Gasteiger partial charge in [0.25, 0.3) is 5.91 Å². The summed E-state index contributed by atoms with van der Waals surface area (Å²) in [7, 11) is -2.25. The number of Topliss-reactive ketones (excluding diaryl/α,β-unsaturated/α-hetero) is 1. The van der Waals surface area contributed by atoms with E-state index >= 15 is 0 Å². The van der Waals surface area contributed by atoms with Gasteiger partial charge in [-0.3, -0.25) is 14.4 Å². The Kier molecular flexibility index (Phi) is 8.06. The lowest BCUT2D eigenvalue weighted by molar-refractivity contribution is -0.158. The van der Waals surface area contributed by atoms with Crippen LogP contribution in [-0.2, 0) is 24.3 Å². The number of hydrogen-bond acceptors (Lipinski definition) is 7. The average Bonchev–Trinajstić information content (AvgIpc) is 2.84.